The first-order valence-electron chi connectivity index (χ1n) is 9.32. The molecule has 0 unspecified atom stereocenters. The van der Waals surface area contributed by atoms with Crippen molar-refractivity contribution >= 4 is 23.4 Å². The van der Waals surface area contributed by atoms with Gasteiger partial charge in [-0.25, -0.2) is 0 Å². The first kappa shape index (κ1) is 19.5. The van der Waals surface area contributed by atoms with Crippen LogP contribution in [-0.4, -0.2) is 38.0 Å². The van der Waals surface area contributed by atoms with Gasteiger partial charge in [-0.3, -0.25) is 9.59 Å². The van der Waals surface area contributed by atoms with E-state index in [4.69, 9.17) is 16.0 Å². The summed E-state index contributed by atoms with van der Waals surface area (Å²) in [5.74, 6) is 0.534. The maximum absolute atomic E-state index is 12.2. The van der Waals surface area contributed by atoms with Crippen LogP contribution in [0.1, 0.15) is 41.4 Å². The number of amides is 2. The lowest BCUT2D eigenvalue weighted by Crippen LogP contribution is -3.11. The second-order valence-electron chi connectivity index (χ2n) is 6.72. The van der Waals surface area contributed by atoms with E-state index in [1.807, 2.05) is 12.1 Å². The number of furan rings is 1. The van der Waals surface area contributed by atoms with Gasteiger partial charge >= 0.3 is 0 Å². The summed E-state index contributed by atoms with van der Waals surface area (Å²) in [6.45, 7) is 2.97. The summed E-state index contributed by atoms with van der Waals surface area (Å²) < 4.78 is 5.57. The zero-order chi connectivity index (χ0) is 19.1. The highest BCUT2D eigenvalue weighted by Gasteiger charge is 2.29. The predicted octanol–water partition coefficient (Wildman–Crippen LogP) is 1.59. The van der Waals surface area contributed by atoms with E-state index in [0.29, 0.717) is 17.1 Å². The first-order valence-corrected chi connectivity index (χ1v) is 9.70. The Morgan fingerprint density at radius 1 is 1.11 bits per heavy atom. The normalized spacial score (nSPS) is 15.4. The van der Waals surface area contributed by atoms with Crippen LogP contribution < -0.4 is 15.5 Å². The Morgan fingerprint density at radius 2 is 1.89 bits per heavy atom. The van der Waals surface area contributed by atoms with Gasteiger partial charge < -0.3 is 20.0 Å². The molecule has 1 aromatic carbocycles. The zero-order valence-corrected chi connectivity index (χ0v) is 15.9. The summed E-state index contributed by atoms with van der Waals surface area (Å²) in [5.41, 5.74) is 0.412. The average molecular weight is 391 g/mol. The molecule has 0 radical (unpaired) electrons. The van der Waals surface area contributed by atoms with Crippen molar-refractivity contribution in [1.29, 1.82) is 0 Å². The summed E-state index contributed by atoms with van der Waals surface area (Å²) in [4.78, 5) is 25.7. The van der Waals surface area contributed by atoms with Crippen LogP contribution in [0.15, 0.2) is 47.1 Å². The topological polar surface area (TPSA) is 75.8 Å². The third kappa shape index (κ3) is 5.34. The van der Waals surface area contributed by atoms with Crippen molar-refractivity contribution in [2.75, 3.05) is 26.2 Å². The van der Waals surface area contributed by atoms with Gasteiger partial charge in [0.25, 0.3) is 5.91 Å². The molecule has 3 rings (SSSR count). The van der Waals surface area contributed by atoms with Crippen LogP contribution >= 0.6 is 11.6 Å². The molecule has 3 N–H and O–H groups in total. The molecule has 0 bridgehead atoms. The molecule has 6 nitrogen and oxygen atoms in total. The fraction of sp³-hybridized carbons (Fsp3) is 0.400. The molecular weight excluding hydrogens is 366 g/mol. The summed E-state index contributed by atoms with van der Waals surface area (Å²) in [6, 6.07) is 10.8. The molecule has 2 amide bonds. The van der Waals surface area contributed by atoms with Crippen molar-refractivity contribution in [2.45, 2.75) is 25.3 Å². The number of hydrogen-bond acceptors (Lipinski definition) is 3. The highest BCUT2D eigenvalue weighted by molar-refractivity contribution is 6.33. The standard InChI is InChI=1S/C20H24ClN3O3/c21-16-7-2-1-6-15(16)20(26)22-10-9-19(25)23-14-17(18-8-5-13-27-18)24-11-3-4-12-24/h1-2,5-8,13,17H,3-4,9-12,14H2,(H,22,26)(H,23,25)/p+1/t17-/m0/s1. The molecule has 0 saturated carbocycles. The lowest BCUT2D eigenvalue weighted by Gasteiger charge is -2.23. The monoisotopic (exact) mass is 390 g/mol. The number of rotatable bonds is 8. The Hall–Kier alpha value is -2.31. The number of halogens is 1. The van der Waals surface area contributed by atoms with Gasteiger partial charge in [-0.2, -0.15) is 0 Å². The van der Waals surface area contributed by atoms with Crippen LogP contribution in [0.25, 0.3) is 0 Å². The van der Waals surface area contributed by atoms with Crippen molar-refractivity contribution in [3.8, 4) is 0 Å². The summed E-state index contributed by atoms with van der Waals surface area (Å²) in [5, 5.41) is 6.11. The molecule has 2 heterocycles. The van der Waals surface area contributed by atoms with Crippen molar-refractivity contribution in [2.24, 2.45) is 0 Å². The van der Waals surface area contributed by atoms with Gasteiger partial charge in [0.15, 0.2) is 11.8 Å². The number of likely N-dealkylation sites (tertiary alicyclic amines) is 1. The van der Waals surface area contributed by atoms with Gasteiger partial charge in [0, 0.05) is 25.8 Å². The minimum absolute atomic E-state index is 0.0930. The molecule has 1 aliphatic heterocycles. The lowest BCUT2D eigenvalue weighted by atomic mass is 10.2. The molecule has 1 aromatic heterocycles. The van der Waals surface area contributed by atoms with Gasteiger partial charge in [0.1, 0.15) is 0 Å². The first-order chi connectivity index (χ1) is 13.1. The van der Waals surface area contributed by atoms with Crippen LogP contribution in [0.4, 0.5) is 0 Å². The Balaban J connectivity index is 1.44. The fourth-order valence-electron chi connectivity index (χ4n) is 3.45. The van der Waals surface area contributed by atoms with Crippen LogP contribution in [-0.2, 0) is 4.79 Å². The molecule has 1 saturated heterocycles. The summed E-state index contributed by atoms with van der Waals surface area (Å²) >= 11 is 6.00. The van der Waals surface area contributed by atoms with E-state index >= 15 is 0 Å². The molecule has 0 spiro atoms. The van der Waals surface area contributed by atoms with E-state index in [2.05, 4.69) is 10.6 Å². The molecule has 2 aromatic rings. The highest BCUT2D eigenvalue weighted by atomic mass is 35.5. The van der Waals surface area contributed by atoms with Crippen LogP contribution in [0.2, 0.25) is 5.02 Å². The summed E-state index contributed by atoms with van der Waals surface area (Å²) in [6.07, 6.45) is 4.30. The summed E-state index contributed by atoms with van der Waals surface area (Å²) in [7, 11) is 0. The Kier molecular flexibility index (Phi) is 6.90. The number of quaternary nitrogens is 1. The molecule has 1 fully saturated rings. The third-order valence-electron chi connectivity index (χ3n) is 4.88. The van der Waals surface area contributed by atoms with E-state index in [-0.39, 0.29) is 30.8 Å². The van der Waals surface area contributed by atoms with E-state index in [1.165, 1.54) is 17.7 Å². The SMILES string of the molecule is O=C(CCNC(=O)c1ccccc1Cl)NC[C@@H](c1ccco1)[NH+]1CCCC1. The van der Waals surface area contributed by atoms with Gasteiger partial charge in [0.05, 0.1) is 36.5 Å². The van der Waals surface area contributed by atoms with Gasteiger partial charge in [-0.05, 0) is 24.3 Å². The Bertz CT molecular complexity index is 758. The second-order valence-corrected chi connectivity index (χ2v) is 7.13. The number of benzene rings is 1. The predicted molar refractivity (Wildman–Crippen MR) is 103 cm³/mol. The largest absolute Gasteiger partial charge is 0.463 e. The molecule has 0 aliphatic carbocycles. The van der Waals surface area contributed by atoms with Crippen molar-refractivity contribution in [3.05, 3.63) is 59.0 Å². The molecule has 7 heteroatoms. The molecular formula is C20H25ClN3O3+. The molecule has 1 aliphatic rings. The smallest absolute Gasteiger partial charge is 0.252 e. The highest BCUT2D eigenvalue weighted by Crippen LogP contribution is 2.14. The van der Waals surface area contributed by atoms with Crippen molar-refractivity contribution < 1.29 is 18.9 Å². The van der Waals surface area contributed by atoms with E-state index in [0.717, 1.165) is 18.8 Å². The minimum atomic E-state index is -0.275. The van der Waals surface area contributed by atoms with Crippen LogP contribution in [0.3, 0.4) is 0 Å². The average Bonchev–Trinajstić information content (AvgIpc) is 3.37. The van der Waals surface area contributed by atoms with Crippen molar-refractivity contribution in [3.63, 3.8) is 0 Å². The number of carbonyl (C=O) groups is 2. The van der Waals surface area contributed by atoms with Crippen LogP contribution in [0, 0.1) is 0 Å². The van der Waals surface area contributed by atoms with E-state index < -0.39 is 0 Å². The number of nitrogens with one attached hydrogen (secondary N) is 3. The minimum Gasteiger partial charge on any atom is -0.463 e. The fourth-order valence-corrected chi connectivity index (χ4v) is 3.67. The van der Waals surface area contributed by atoms with Gasteiger partial charge in [-0.15, -0.1) is 0 Å². The van der Waals surface area contributed by atoms with Gasteiger partial charge in [-0.1, -0.05) is 23.7 Å². The Morgan fingerprint density at radius 3 is 2.59 bits per heavy atom. The van der Waals surface area contributed by atoms with E-state index in [9.17, 15) is 9.59 Å². The van der Waals surface area contributed by atoms with Crippen molar-refractivity contribution in [1.82, 2.24) is 10.6 Å². The maximum Gasteiger partial charge on any atom is 0.252 e. The zero-order valence-electron chi connectivity index (χ0n) is 15.2. The van der Waals surface area contributed by atoms with Gasteiger partial charge in [0.2, 0.25) is 5.91 Å². The number of hydrogen-bond donors (Lipinski definition) is 3. The Labute approximate surface area is 163 Å². The molecule has 144 valence electrons. The molecule has 27 heavy (non-hydrogen) atoms. The third-order valence-corrected chi connectivity index (χ3v) is 5.21. The quantitative estimate of drug-likeness (QED) is 0.640. The second kappa shape index (κ2) is 9.58. The lowest BCUT2D eigenvalue weighted by molar-refractivity contribution is -0.919. The molecule has 1 atom stereocenters. The number of carbonyl (C=O) groups excluding carboxylic acids is 2. The van der Waals surface area contributed by atoms with Crippen LogP contribution in [0.5, 0.6) is 0 Å². The maximum atomic E-state index is 12.2. The van der Waals surface area contributed by atoms with E-state index in [1.54, 1.807) is 30.5 Å².